The van der Waals surface area contributed by atoms with Crippen molar-refractivity contribution in [1.82, 2.24) is 0 Å². The van der Waals surface area contributed by atoms with Gasteiger partial charge in [0.25, 0.3) is 0 Å². The van der Waals surface area contributed by atoms with E-state index in [1.54, 1.807) is 0 Å². The lowest BCUT2D eigenvalue weighted by Crippen LogP contribution is -2.46. The summed E-state index contributed by atoms with van der Waals surface area (Å²) in [4.78, 5) is 10.5. The molecule has 0 aromatic rings. The van der Waals surface area contributed by atoms with Gasteiger partial charge in [0.15, 0.2) is 6.26 Å². The van der Waals surface area contributed by atoms with Crippen LogP contribution in [0.2, 0.25) is 0 Å². The average molecular weight is 184 g/mol. The Hall–Kier alpha value is -0.530. The number of aliphatic hydroxyl groups excluding tert-OH is 2. The molecule has 4 atom stereocenters. The lowest BCUT2D eigenvalue weighted by Gasteiger charge is -2.22. The van der Waals surface area contributed by atoms with Crippen LogP contribution in [-0.2, 0) is 4.79 Å². The van der Waals surface area contributed by atoms with E-state index in [0.29, 0.717) is 0 Å². The Labute approximate surface area is 74.3 Å². The third kappa shape index (κ3) is 2.84. The average Bonchev–Trinajstić information content (AvgIpc) is 2.15. The number of rotatable bonds is 5. The molecule has 0 aliphatic carbocycles. The van der Waals surface area contributed by atoms with Crippen molar-refractivity contribution in [3.05, 3.63) is 0 Å². The van der Waals surface area contributed by atoms with Gasteiger partial charge in [-0.25, -0.2) is 0 Å². The van der Waals surface area contributed by atoms with Gasteiger partial charge in [0, 0.05) is 0 Å². The minimum atomic E-state index is -3.92. The van der Waals surface area contributed by atoms with Gasteiger partial charge in [-0.05, 0) is 0 Å². The van der Waals surface area contributed by atoms with Crippen LogP contribution in [-0.4, -0.2) is 62.7 Å². The molecule has 0 radical (unpaired) electrons. The van der Waals surface area contributed by atoms with E-state index >= 15 is 0 Å². The highest BCUT2D eigenvalue weighted by atomic mass is 16.4. The van der Waals surface area contributed by atoms with E-state index < -0.39 is 37.2 Å². The van der Waals surface area contributed by atoms with Crippen molar-refractivity contribution in [2.75, 3.05) is 6.61 Å². The maximum atomic E-state index is 10.5. The molecule has 0 saturated carbocycles. The molecule has 0 aliphatic heterocycles. The summed E-state index contributed by atoms with van der Waals surface area (Å²) in [5.41, 5.74) is 0. The first-order valence-electron chi connectivity index (χ1n) is 4.90. The molecule has 0 spiro atoms. The van der Waals surface area contributed by atoms with E-state index in [9.17, 15) is 15.0 Å². The second-order valence-corrected chi connectivity index (χ2v) is 1.88. The second-order valence-electron chi connectivity index (χ2n) is 1.88. The highest BCUT2D eigenvalue weighted by molar-refractivity contribution is 5.56. The number of aliphatic hydroxyl groups is 5. The van der Waals surface area contributed by atoms with Gasteiger partial charge in [-0.1, -0.05) is 0 Å². The van der Waals surface area contributed by atoms with E-state index in [2.05, 4.69) is 0 Å². The van der Waals surface area contributed by atoms with Gasteiger partial charge in [0.05, 0.1) is 10.7 Å². The Bertz CT molecular complexity index is 278. The molecule has 72 valence electrons. The number of hydrogen-bond acceptors (Lipinski definition) is 6. The van der Waals surface area contributed by atoms with Crippen LogP contribution in [0.1, 0.15) is 5.48 Å². The van der Waals surface area contributed by atoms with E-state index in [1.807, 2.05) is 0 Å². The highest BCUT2D eigenvalue weighted by Gasteiger charge is 2.29. The van der Waals surface area contributed by atoms with Crippen molar-refractivity contribution in [2.24, 2.45) is 0 Å². The Morgan fingerprint density at radius 2 is 1.83 bits per heavy atom. The first kappa shape index (κ1) is 6.01. The smallest absolute Gasteiger partial charge is 0.151 e. The minimum Gasteiger partial charge on any atom is -0.394 e. The highest BCUT2D eigenvalue weighted by Crippen LogP contribution is 2.02. The number of carbonyl (C=O) groups excluding carboxylic acids is 1. The zero-order valence-corrected chi connectivity index (χ0v) is 5.93. The summed E-state index contributed by atoms with van der Waals surface area (Å²) in [6.45, 7) is -1.26. The SMILES string of the molecule is [2H]C(=O)[C@]([2H])(O)[C@@]([2H])(O)[C@]([2H])(O)[C@H](O)CO. The third-order valence-electron chi connectivity index (χ3n) is 1.05. The molecule has 5 N–H and O–H groups in total. The van der Waals surface area contributed by atoms with Gasteiger partial charge in [-0.2, -0.15) is 0 Å². The fourth-order valence-electron chi connectivity index (χ4n) is 0.414. The monoisotopic (exact) mass is 184 g/mol. The van der Waals surface area contributed by atoms with Crippen molar-refractivity contribution in [2.45, 2.75) is 24.3 Å². The zero-order chi connectivity index (χ0) is 13.4. The molecule has 0 rings (SSSR count). The van der Waals surface area contributed by atoms with Crippen molar-refractivity contribution < 1.29 is 35.8 Å². The standard InChI is InChI=1S/C6H12O6/c7-1-3(9)5(11)6(12)4(10)2-8/h1,3-6,8-12H,2H2/t3-,4+,5+,6+/m0/s1/i1D,3D,5D,6D. The topological polar surface area (TPSA) is 118 Å². The fraction of sp³-hybridized carbons (Fsp3) is 0.833. The zero-order valence-electron chi connectivity index (χ0n) is 9.93. The molecule has 0 aromatic heterocycles. The van der Waals surface area contributed by atoms with E-state index in [4.69, 9.17) is 20.8 Å². The van der Waals surface area contributed by atoms with Gasteiger partial charge < -0.3 is 30.3 Å². The maximum Gasteiger partial charge on any atom is 0.151 e. The van der Waals surface area contributed by atoms with Crippen LogP contribution in [0.25, 0.3) is 0 Å². The molecule has 0 saturated heterocycles. The number of aldehydes is 1. The van der Waals surface area contributed by atoms with Crippen LogP contribution in [0, 0.1) is 0 Å². The summed E-state index contributed by atoms with van der Waals surface area (Å²) in [6, 6.07) is 0. The Morgan fingerprint density at radius 1 is 1.33 bits per heavy atom. The van der Waals surface area contributed by atoms with E-state index in [0.717, 1.165) is 0 Å². The molecule has 0 aliphatic rings. The van der Waals surface area contributed by atoms with Crippen molar-refractivity contribution in [1.29, 1.82) is 0 Å². The Balaban J connectivity index is 5.42. The maximum absolute atomic E-state index is 10.5. The lowest BCUT2D eigenvalue weighted by molar-refractivity contribution is -0.136. The molecular weight excluding hydrogens is 168 g/mol. The summed E-state index contributed by atoms with van der Waals surface area (Å²) in [7, 11) is 0. The number of hydrogen-bond donors (Lipinski definition) is 5. The predicted molar refractivity (Wildman–Crippen MR) is 37.2 cm³/mol. The second kappa shape index (κ2) is 5.18. The first-order chi connectivity index (χ1) is 6.92. The van der Waals surface area contributed by atoms with Crippen LogP contribution in [0.15, 0.2) is 0 Å². The molecule has 0 bridgehead atoms. The molecule has 6 nitrogen and oxygen atoms in total. The lowest BCUT2D eigenvalue weighted by atomic mass is 10.0. The van der Waals surface area contributed by atoms with Crippen molar-refractivity contribution in [3.8, 4) is 0 Å². The Morgan fingerprint density at radius 3 is 2.17 bits per heavy atom. The molecule has 0 heterocycles. The van der Waals surface area contributed by atoms with Crippen LogP contribution in [0.3, 0.4) is 0 Å². The van der Waals surface area contributed by atoms with Crippen LogP contribution in [0.5, 0.6) is 0 Å². The molecule has 0 aromatic carbocycles. The number of carbonyl (C=O) groups is 1. The predicted octanol–water partition coefficient (Wildman–Crippen LogP) is -3.38. The van der Waals surface area contributed by atoms with Crippen molar-refractivity contribution in [3.63, 3.8) is 0 Å². The van der Waals surface area contributed by atoms with Gasteiger partial charge in [0.1, 0.15) is 25.7 Å². The van der Waals surface area contributed by atoms with Crippen LogP contribution >= 0.6 is 0 Å². The minimum absolute atomic E-state index is 1.26. The van der Waals surface area contributed by atoms with E-state index in [1.165, 1.54) is 0 Å². The molecular formula is C6H12O6. The Kier molecular flexibility index (Phi) is 2.59. The van der Waals surface area contributed by atoms with Crippen molar-refractivity contribution >= 4 is 6.26 Å². The quantitative estimate of drug-likeness (QED) is 0.284. The largest absolute Gasteiger partial charge is 0.394 e. The summed E-state index contributed by atoms with van der Waals surface area (Å²) in [5.74, 6) is 0. The summed E-state index contributed by atoms with van der Waals surface area (Å²) < 4.78 is 27.2. The van der Waals surface area contributed by atoms with E-state index in [-0.39, 0.29) is 0 Å². The first-order valence-corrected chi connectivity index (χ1v) is 2.90. The summed E-state index contributed by atoms with van der Waals surface area (Å²) in [6.07, 6.45) is -16.0. The fourth-order valence-corrected chi connectivity index (χ4v) is 0.414. The van der Waals surface area contributed by atoms with Gasteiger partial charge in [0.2, 0.25) is 0 Å². The van der Waals surface area contributed by atoms with Gasteiger partial charge >= 0.3 is 0 Å². The molecule has 6 heteroatoms. The van der Waals surface area contributed by atoms with Gasteiger partial charge in [-0.15, -0.1) is 0 Å². The van der Waals surface area contributed by atoms with Gasteiger partial charge in [-0.3, -0.25) is 0 Å². The molecule has 12 heavy (non-hydrogen) atoms. The molecule has 0 fully saturated rings. The molecule has 0 unspecified atom stereocenters. The summed E-state index contributed by atoms with van der Waals surface area (Å²) in [5, 5.41) is 44.8. The summed E-state index contributed by atoms with van der Waals surface area (Å²) >= 11 is 0. The third-order valence-corrected chi connectivity index (χ3v) is 1.05. The van der Waals surface area contributed by atoms with Crippen LogP contribution < -0.4 is 0 Å². The molecule has 0 amide bonds. The normalized spacial score (nSPS) is 33.8. The van der Waals surface area contributed by atoms with Crippen LogP contribution in [0.4, 0.5) is 0 Å².